The van der Waals surface area contributed by atoms with Crippen LogP contribution in [0.2, 0.25) is 0 Å². The first-order valence-corrected chi connectivity index (χ1v) is 11.9. The Kier molecular flexibility index (Phi) is 6.01. The lowest BCUT2D eigenvalue weighted by Crippen LogP contribution is -2.31. The minimum atomic E-state index is -3.51. The van der Waals surface area contributed by atoms with E-state index in [1.165, 1.54) is 25.0 Å². The van der Waals surface area contributed by atoms with E-state index < -0.39 is 10.0 Å². The Morgan fingerprint density at radius 2 is 1.59 bits per heavy atom. The van der Waals surface area contributed by atoms with E-state index in [2.05, 4.69) is 10.4 Å². The SMILES string of the molecule is O=C(Nc1ccnn1C1CCCC1)c1ccc(S(=O)(=O)N2CCCCCC2)cc1. The van der Waals surface area contributed by atoms with Crippen molar-refractivity contribution >= 4 is 21.7 Å². The molecule has 1 saturated carbocycles. The van der Waals surface area contributed by atoms with Crippen molar-refractivity contribution < 1.29 is 13.2 Å². The molecular formula is C21H28N4O3S. The average molecular weight is 417 g/mol. The Hall–Kier alpha value is -2.19. The van der Waals surface area contributed by atoms with E-state index in [1.807, 2.05) is 4.68 Å². The summed E-state index contributed by atoms with van der Waals surface area (Å²) in [5.74, 6) is 0.423. The summed E-state index contributed by atoms with van der Waals surface area (Å²) in [6.07, 6.45) is 10.2. The van der Waals surface area contributed by atoms with Gasteiger partial charge in [0.05, 0.1) is 17.1 Å². The molecule has 0 bridgehead atoms. The normalized spacial score (nSPS) is 19.2. The van der Waals surface area contributed by atoms with Crippen molar-refractivity contribution in [2.75, 3.05) is 18.4 Å². The maximum Gasteiger partial charge on any atom is 0.256 e. The first kappa shape index (κ1) is 20.1. The van der Waals surface area contributed by atoms with Crippen LogP contribution >= 0.6 is 0 Å². The van der Waals surface area contributed by atoms with Gasteiger partial charge in [0, 0.05) is 24.7 Å². The summed E-state index contributed by atoms with van der Waals surface area (Å²) in [6.45, 7) is 1.13. The van der Waals surface area contributed by atoms with Crippen LogP contribution in [0.15, 0.2) is 41.4 Å². The lowest BCUT2D eigenvalue weighted by atomic mass is 10.2. The second-order valence-corrected chi connectivity index (χ2v) is 9.83. The zero-order valence-electron chi connectivity index (χ0n) is 16.6. The second kappa shape index (κ2) is 8.67. The molecule has 29 heavy (non-hydrogen) atoms. The Morgan fingerprint density at radius 3 is 2.24 bits per heavy atom. The van der Waals surface area contributed by atoms with E-state index in [9.17, 15) is 13.2 Å². The summed E-state index contributed by atoms with van der Waals surface area (Å²) >= 11 is 0. The van der Waals surface area contributed by atoms with Gasteiger partial charge in [-0.05, 0) is 49.9 Å². The third-order valence-corrected chi connectivity index (χ3v) is 7.81. The smallest absolute Gasteiger partial charge is 0.256 e. The molecule has 4 rings (SSSR count). The number of amides is 1. The zero-order valence-corrected chi connectivity index (χ0v) is 17.4. The Morgan fingerprint density at radius 1 is 0.931 bits per heavy atom. The largest absolute Gasteiger partial charge is 0.307 e. The molecule has 7 nitrogen and oxygen atoms in total. The predicted molar refractivity (Wildman–Crippen MR) is 111 cm³/mol. The van der Waals surface area contributed by atoms with Crippen LogP contribution in [0.3, 0.4) is 0 Å². The number of sulfonamides is 1. The highest BCUT2D eigenvalue weighted by atomic mass is 32.2. The molecule has 1 amide bonds. The first-order valence-electron chi connectivity index (χ1n) is 10.5. The van der Waals surface area contributed by atoms with Crippen molar-refractivity contribution in [1.29, 1.82) is 0 Å². The highest BCUT2D eigenvalue weighted by Crippen LogP contribution is 2.31. The lowest BCUT2D eigenvalue weighted by Gasteiger charge is -2.20. The maximum absolute atomic E-state index is 12.9. The molecule has 2 aliphatic rings. The zero-order chi connectivity index (χ0) is 20.3. The number of rotatable bonds is 5. The highest BCUT2D eigenvalue weighted by Gasteiger charge is 2.25. The molecule has 0 unspecified atom stereocenters. The summed E-state index contributed by atoms with van der Waals surface area (Å²) in [4.78, 5) is 12.9. The Balaban J connectivity index is 1.46. The number of hydrogen-bond acceptors (Lipinski definition) is 4. The fourth-order valence-electron chi connectivity index (χ4n) is 4.25. The van der Waals surface area contributed by atoms with E-state index in [-0.39, 0.29) is 10.8 Å². The van der Waals surface area contributed by atoms with Gasteiger partial charge >= 0.3 is 0 Å². The van der Waals surface area contributed by atoms with E-state index in [0.29, 0.717) is 30.5 Å². The Labute approximate surface area is 172 Å². The van der Waals surface area contributed by atoms with Gasteiger partial charge in [0.1, 0.15) is 5.82 Å². The van der Waals surface area contributed by atoms with Gasteiger partial charge in [0.2, 0.25) is 10.0 Å². The summed E-state index contributed by atoms with van der Waals surface area (Å²) in [6, 6.07) is 8.36. The van der Waals surface area contributed by atoms with Gasteiger partial charge in [-0.3, -0.25) is 4.79 Å². The molecule has 1 N–H and O–H groups in total. The molecule has 1 aromatic carbocycles. The summed E-state index contributed by atoms with van der Waals surface area (Å²) in [7, 11) is -3.51. The van der Waals surface area contributed by atoms with Crippen LogP contribution in [0, 0.1) is 0 Å². The van der Waals surface area contributed by atoms with Gasteiger partial charge in [-0.15, -0.1) is 0 Å². The molecule has 2 aromatic rings. The molecule has 1 aliphatic heterocycles. The molecule has 8 heteroatoms. The van der Waals surface area contributed by atoms with Gasteiger partial charge in [-0.1, -0.05) is 25.7 Å². The van der Waals surface area contributed by atoms with Crippen LogP contribution in [0.4, 0.5) is 5.82 Å². The fraction of sp³-hybridized carbons (Fsp3) is 0.524. The van der Waals surface area contributed by atoms with Crippen molar-refractivity contribution in [3.05, 3.63) is 42.1 Å². The van der Waals surface area contributed by atoms with Gasteiger partial charge in [0.15, 0.2) is 0 Å². The number of hydrogen-bond donors (Lipinski definition) is 1. The lowest BCUT2D eigenvalue weighted by molar-refractivity contribution is 0.102. The van der Waals surface area contributed by atoms with Crippen LogP contribution in [-0.4, -0.2) is 41.5 Å². The molecule has 1 aliphatic carbocycles. The van der Waals surface area contributed by atoms with Crippen molar-refractivity contribution in [1.82, 2.24) is 14.1 Å². The molecule has 2 heterocycles. The van der Waals surface area contributed by atoms with Gasteiger partial charge < -0.3 is 5.32 Å². The van der Waals surface area contributed by atoms with Gasteiger partial charge in [-0.25, -0.2) is 13.1 Å². The molecule has 0 spiro atoms. The number of anilines is 1. The van der Waals surface area contributed by atoms with Crippen molar-refractivity contribution in [2.24, 2.45) is 0 Å². The quantitative estimate of drug-likeness (QED) is 0.803. The van der Waals surface area contributed by atoms with Crippen LogP contribution in [0.1, 0.15) is 67.8 Å². The number of carbonyl (C=O) groups excluding carboxylic acids is 1. The molecule has 0 atom stereocenters. The minimum absolute atomic E-state index is 0.243. The highest BCUT2D eigenvalue weighted by molar-refractivity contribution is 7.89. The molecule has 1 aromatic heterocycles. The van der Waals surface area contributed by atoms with Crippen LogP contribution in [-0.2, 0) is 10.0 Å². The van der Waals surface area contributed by atoms with E-state index in [1.54, 1.807) is 28.7 Å². The Bertz CT molecular complexity index is 939. The van der Waals surface area contributed by atoms with Crippen molar-refractivity contribution in [3.63, 3.8) is 0 Å². The van der Waals surface area contributed by atoms with Gasteiger partial charge in [0.25, 0.3) is 5.91 Å². The monoisotopic (exact) mass is 416 g/mol. The van der Waals surface area contributed by atoms with Gasteiger partial charge in [-0.2, -0.15) is 9.40 Å². The molecule has 156 valence electrons. The maximum atomic E-state index is 12.9. The van der Waals surface area contributed by atoms with E-state index in [0.717, 1.165) is 38.5 Å². The topological polar surface area (TPSA) is 84.3 Å². The molecular weight excluding hydrogens is 388 g/mol. The standard InChI is InChI=1S/C21H28N4O3S/c26-21(23-20-13-14-22-25(20)18-7-3-4-8-18)17-9-11-19(12-10-17)29(27,28)24-15-5-1-2-6-16-24/h9-14,18H,1-8,15-16H2,(H,23,26). The summed E-state index contributed by atoms with van der Waals surface area (Å²) in [5.41, 5.74) is 0.430. The molecule has 1 saturated heterocycles. The van der Waals surface area contributed by atoms with E-state index in [4.69, 9.17) is 0 Å². The first-order chi connectivity index (χ1) is 14.1. The van der Waals surface area contributed by atoms with Crippen LogP contribution < -0.4 is 5.32 Å². The molecule has 2 fully saturated rings. The van der Waals surface area contributed by atoms with Crippen LogP contribution in [0.25, 0.3) is 0 Å². The molecule has 0 radical (unpaired) electrons. The number of aromatic nitrogens is 2. The summed E-state index contributed by atoms with van der Waals surface area (Å²) < 4.78 is 29.2. The third kappa shape index (κ3) is 4.38. The summed E-state index contributed by atoms with van der Waals surface area (Å²) in [5, 5.41) is 7.28. The third-order valence-electron chi connectivity index (χ3n) is 5.90. The predicted octanol–water partition coefficient (Wildman–Crippen LogP) is 3.82. The van der Waals surface area contributed by atoms with E-state index >= 15 is 0 Å². The van der Waals surface area contributed by atoms with Crippen molar-refractivity contribution in [3.8, 4) is 0 Å². The second-order valence-electron chi connectivity index (χ2n) is 7.90. The fourth-order valence-corrected chi connectivity index (χ4v) is 5.77. The number of carbonyl (C=O) groups is 1. The minimum Gasteiger partial charge on any atom is -0.307 e. The number of nitrogens with one attached hydrogen (secondary N) is 1. The average Bonchev–Trinajstić information content (AvgIpc) is 3.33. The number of nitrogens with zero attached hydrogens (tertiary/aromatic N) is 3. The van der Waals surface area contributed by atoms with Crippen molar-refractivity contribution in [2.45, 2.75) is 62.3 Å². The van der Waals surface area contributed by atoms with Crippen LogP contribution in [0.5, 0.6) is 0 Å². The number of benzene rings is 1.